The van der Waals surface area contributed by atoms with Gasteiger partial charge in [0.2, 0.25) is 0 Å². The Morgan fingerprint density at radius 2 is 1.52 bits per heavy atom. The van der Waals surface area contributed by atoms with Crippen LogP contribution in [0.1, 0.15) is 17.2 Å². The van der Waals surface area contributed by atoms with Crippen LogP contribution in [0.4, 0.5) is 11.6 Å². The van der Waals surface area contributed by atoms with E-state index in [2.05, 4.69) is 38.4 Å². The van der Waals surface area contributed by atoms with Crippen molar-refractivity contribution in [2.45, 2.75) is 13.8 Å². The maximum atomic E-state index is 4.78. The van der Waals surface area contributed by atoms with Gasteiger partial charge in [-0.2, -0.15) is 0 Å². The first-order chi connectivity index (χ1) is 13.0. The van der Waals surface area contributed by atoms with E-state index < -0.39 is 0 Å². The standard InChI is InChI=1S/C21H23N6/c1-14-13-15(2)25(3)18(22-14)11-8-12-19-26(4)20-21(27(19)5)24-17-10-7-6-9-16(17)23-20/h6-13H,1-5H3/q+1. The number of benzene rings is 1. The van der Waals surface area contributed by atoms with Gasteiger partial charge in [-0.25, -0.2) is 14.5 Å². The summed E-state index contributed by atoms with van der Waals surface area (Å²) in [7, 11) is 6.05. The molecule has 1 aliphatic heterocycles. The average Bonchev–Trinajstić information content (AvgIpc) is 2.88. The van der Waals surface area contributed by atoms with Gasteiger partial charge in [-0.1, -0.05) is 18.2 Å². The minimum atomic E-state index is 0.867. The molecule has 0 spiro atoms. The molecule has 0 aliphatic carbocycles. The van der Waals surface area contributed by atoms with Gasteiger partial charge >= 0.3 is 5.82 Å². The van der Waals surface area contributed by atoms with Crippen molar-refractivity contribution in [3.8, 4) is 0 Å². The number of allylic oxidation sites excluding steroid dienone is 2. The third kappa shape index (κ3) is 2.93. The molecule has 6 nitrogen and oxygen atoms in total. The molecule has 0 radical (unpaired) electrons. The van der Waals surface area contributed by atoms with Gasteiger partial charge in [0.15, 0.2) is 17.3 Å². The molecule has 0 saturated heterocycles. The van der Waals surface area contributed by atoms with Gasteiger partial charge in [-0.3, -0.25) is 0 Å². The molecule has 0 amide bonds. The summed E-state index contributed by atoms with van der Waals surface area (Å²) in [5.74, 6) is 3.67. The summed E-state index contributed by atoms with van der Waals surface area (Å²) in [6, 6.07) is 10.0. The second-order valence-corrected chi connectivity index (χ2v) is 6.82. The van der Waals surface area contributed by atoms with E-state index in [1.54, 1.807) is 0 Å². The molecule has 1 aromatic carbocycles. The van der Waals surface area contributed by atoms with Gasteiger partial charge < -0.3 is 9.80 Å². The molecular formula is C21H23N6+. The van der Waals surface area contributed by atoms with Crippen molar-refractivity contribution in [3.05, 3.63) is 65.5 Å². The van der Waals surface area contributed by atoms with Gasteiger partial charge in [-0.05, 0) is 30.1 Å². The van der Waals surface area contributed by atoms with Gasteiger partial charge in [-0.15, -0.1) is 0 Å². The summed E-state index contributed by atoms with van der Waals surface area (Å²) >= 11 is 0. The molecule has 0 unspecified atom stereocenters. The van der Waals surface area contributed by atoms with E-state index in [4.69, 9.17) is 9.97 Å². The number of fused-ring (bicyclic) bond motifs is 2. The van der Waals surface area contributed by atoms with Crippen molar-refractivity contribution in [2.24, 2.45) is 7.05 Å². The molecule has 1 aliphatic rings. The zero-order valence-corrected chi connectivity index (χ0v) is 16.3. The van der Waals surface area contributed by atoms with Crippen LogP contribution in [0, 0.1) is 13.8 Å². The van der Waals surface area contributed by atoms with E-state index in [9.17, 15) is 0 Å². The zero-order valence-electron chi connectivity index (χ0n) is 16.3. The summed E-state index contributed by atoms with van der Waals surface area (Å²) in [6.45, 7) is 4.10. The average molecular weight is 359 g/mol. The maximum Gasteiger partial charge on any atom is 0.323 e. The topological polar surface area (TPSA) is 49.0 Å². The minimum Gasteiger partial charge on any atom is -0.312 e. The first-order valence-electron chi connectivity index (χ1n) is 8.92. The molecule has 0 N–H and O–H groups in total. The van der Waals surface area contributed by atoms with Gasteiger partial charge in [0.1, 0.15) is 11.5 Å². The van der Waals surface area contributed by atoms with Crippen LogP contribution in [0.5, 0.6) is 0 Å². The van der Waals surface area contributed by atoms with Crippen LogP contribution in [0.15, 0.2) is 48.3 Å². The fraction of sp³-hybridized carbons (Fsp3) is 0.238. The molecule has 0 bridgehead atoms. The molecule has 27 heavy (non-hydrogen) atoms. The molecule has 0 atom stereocenters. The summed E-state index contributed by atoms with van der Waals surface area (Å²) in [5, 5.41) is 0. The Labute approximate surface area is 159 Å². The summed E-state index contributed by atoms with van der Waals surface area (Å²) in [6.07, 6.45) is 6.11. The fourth-order valence-corrected chi connectivity index (χ4v) is 3.33. The second-order valence-electron chi connectivity index (χ2n) is 6.82. The summed E-state index contributed by atoms with van der Waals surface area (Å²) in [4.78, 5) is 18.3. The van der Waals surface area contributed by atoms with Crippen molar-refractivity contribution in [1.29, 1.82) is 0 Å². The Morgan fingerprint density at radius 3 is 2.11 bits per heavy atom. The Morgan fingerprint density at radius 1 is 0.926 bits per heavy atom. The van der Waals surface area contributed by atoms with Crippen LogP contribution in [0.2, 0.25) is 0 Å². The molecule has 136 valence electrons. The van der Waals surface area contributed by atoms with Gasteiger partial charge in [0, 0.05) is 33.2 Å². The Bertz CT molecular complexity index is 1050. The number of rotatable bonds is 2. The first-order valence-corrected chi connectivity index (χ1v) is 8.92. The molecule has 3 aromatic rings. The number of para-hydroxylation sites is 2. The Hall–Kier alpha value is -3.28. The van der Waals surface area contributed by atoms with E-state index in [1.807, 2.05) is 64.5 Å². The van der Waals surface area contributed by atoms with Crippen molar-refractivity contribution in [3.63, 3.8) is 0 Å². The van der Waals surface area contributed by atoms with Crippen molar-refractivity contribution in [1.82, 2.24) is 15.0 Å². The number of hydrogen-bond donors (Lipinski definition) is 0. The van der Waals surface area contributed by atoms with E-state index in [0.717, 1.165) is 40.0 Å². The van der Waals surface area contributed by atoms with E-state index >= 15 is 0 Å². The highest BCUT2D eigenvalue weighted by Crippen LogP contribution is 2.37. The van der Waals surface area contributed by atoms with E-state index in [-0.39, 0.29) is 0 Å². The third-order valence-electron chi connectivity index (χ3n) is 4.93. The lowest BCUT2D eigenvalue weighted by molar-refractivity contribution is -0.682. The summed E-state index contributed by atoms with van der Waals surface area (Å²) in [5.41, 5.74) is 4.00. The number of aryl methyl sites for hydroxylation is 2. The second kappa shape index (κ2) is 6.46. The number of anilines is 2. The number of aromatic nitrogens is 4. The monoisotopic (exact) mass is 359 g/mol. The zero-order chi connectivity index (χ0) is 19.1. The smallest absolute Gasteiger partial charge is 0.312 e. The fourth-order valence-electron chi connectivity index (χ4n) is 3.33. The van der Waals surface area contributed by atoms with Crippen LogP contribution in [0.25, 0.3) is 17.1 Å². The first kappa shape index (κ1) is 17.1. The molecule has 0 fully saturated rings. The summed E-state index contributed by atoms with van der Waals surface area (Å²) < 4.78 is 2.08. The quantitative estimate of drug-likeness (QED) is 0.659. The normalized spacial score (nSPS) is 13.7. The van der Waals surface area contributed by atoms with Gasteiger partial charge in [0.05, 0.1) is 18.1 Å². The maximum absolute atomic E-state index is 4.78. The highest BCUT2D eigenvalue weighted by Gasteiger charge is 2.29. The number of nitrogens with zero attached hydrogens (tertiary/aromatic N) is 6. The number of hydrogen-bond acceptors (Lipinski definition) is 5. The highest BCUT2D eigenvalue weighted by molar-refractivity contribution is 5.85. The minimum absolute atomic E-state index is 0.867. The van der Waals surface area contributed by atoms with E-state index in [1.165, 1.54) is 5.69 Å². The van der Waals surface area contributed by atoms with Crippen molar-refractivity contribution in [2.75, 3.05) is 23.9 Å². The van der Waals surface area contributed by atoms with Crippen molar-refractivity contribution >= 4 is 28.7 Å². The van der Waals surface area contributed by atoms with E-state index in [0.29, 0.717) is 0 Å². The Balaban J connectivity index is 1.69. The van der Waals surface area contributed by atoms with Crippen LogP contribution < -0.4 is 14.4 Å². The molecule has 6 heteroatoms. The molecule has 4 rings (SSSR count). The van der Waals surface area contributed by atoms with Crippen LogP contribution in [0.3, 0.4) is 0 Å². The van der Waals surface area contributed by atoms with Crippen LogP contribution in [-0.4, -0.2) is 29.0 Å². The lowest BCUT2D eigenvalue weighted by Crippen LogP contribution is -2.36. The lowest BCUT2D eigenvalue weighted by Gasteiger charge is -2.16. The lowest BCUT2D eigenvalue weighted by atomic mass is 10.3. The molecule has 2 aromatic heterocycles. The predicted molar refractivity (Wildman–Crippen MR) is 108 cm³/mol. The molecule has 3 heterocycles. The largest absolute Gasteiger partial charge is 0.323 e. The van der Waals surface area contributed by atoms with Crippen LogP contribution >= 0.6 is 0 Å². The third-order valence-corrected chi connectivity index (χ3v) is 4.93. The Kier molecular flexibility index (Phi) is 4.11. The highest BCUT2D eigenvalue weighted by atomic mass is 15.4. The predicted octanol–water partition coefficient (Wildman–Crippen LogP) is 2.91. The van der Waals surface area contributed by atoms with Crippen molar-refractivity contribution < 1.29 is 4.57 Å². The molecular weight excluding hydrogens is 336 g/mol. The molecule has 0 saturated carbocycles. The van der Waals surface area contributed by atoms with Crippen LogP contribution in [-0.2, 0) is 7.05 Å². The SMILES string of the molecule is Cc1cc(C)[n+](C)c(C=CC=C2N(C)c3nc4ccccc4nc3N2C)n1. The van der Waals surface area contributed by atoms with Gasteiger partial charge in [0.25, 0.3) is 0 Å².